The molecule has 1 atom stereocenters. The van der Waals surface area contributed by atoms with Gasteiger partial charge in [0.1, 0.15) is 0 Å². The van der Waals surface area contributed by atoms with E-state index in [1.165, 1.54) is 16.7 Å². The van der Waals surface area contributed by atoms with E-state index in [4.69, 9.17) is 0 Å². The van der Waals surface area contributed by atoms with Crippen molar-refractivity contribution in [3.05, 3.63) is 65.0 Å². The van der Waals surface area contributed by atoms with Gasteiger partial charge >= 0.3 is 0 Å². The Balaban J connectivity index is 2.25. The molecule has 1 nitrogen and oxygen atoms in total. The second kappa shape index (κ2) is 6.09. The van der Waals surface area contributed by atoms with Gasteiger partial charge in [0.2, 0.25) is 0 Å². The van der Waals surface area contributed by atoms with Gasteiger partial charge in [0, 0.05) is 23.1 Å². The summed E-state index contributed by atoms with van der Waals surface area (Å²) in [4.78, 5) is 4.80. The fraction of sp³-hybridized carbons (Fsp3) is 0.389. The maximum Gasteiger partial charge on any atom is 0.0453 e. The zero-order valence-corrected chi connectivity index (χ0v) is 14.2. The van der Waals surface area contributed by atoms with Crippen LogP contribution in [0.5, 0.6) is 0 Å². The summed E-state index contributed by atoms with van der Waals surface area (Å²) in [5.74, 6) is 0. The first-order valence-electron chi connectivity index (χ1n) is 7.03. The summed E-state index contributed by atoms with van der Waals surface area (Å²) < 4.78 is 0. The predicted octanol–water partition coefficient (Wildman–Crippen LogP) is 5.37. The summed E-state index contributed by atoms with van der Waals surface area (Å²) in [7, 11) is 0. The molecular weight excluding hydrogens is 310 g/mol. The molecule has 2 rings (SSSR count). The van der Waals surface area contributed by atoms with Crippen LogP contribution in [-0.4, -0.2) is 4.98 Å². The SMILES string of the molecule is Cc1ccc(CC(Br)c2ccccc2C(C)(C)C)nc1. The average Bonchev–Trinajstić information content (AvgIpc) is 2.40. The third-order valence-electron chi connectivity index (χ3n) is 3.47. The number of halogens is 1. The molecule has 2 heteroatoms. The Morgan fingerprint density at radius 3 is 2.40 bits per heavy atom. The van der Waals surface area contributed by atoms with E-state index in [9.17, 15) is 0 Å². The van der Waals surface area contributed by atoms with Gasteiger partial charge < -0.3 is 0 Å². The van der Waals surface area contributed by atoms with E-state index in [0.29, 0.717) is 4.83 Å². The summed E-state index contributed by atoms with van der Waals surface area (Å²) in [6, 6.07) is 12.9. The lowest BCUT2D eigenvalue weighted by Crippen LogP contribution is -2.15. The Morgan fingerprint density at radius 1 is 1.10 bits per heavy atom. The Kier molecular flexibility index (Phi) is 4.64. The van der Waals surface area contributed by atoms with Gasteiger partial charge in [-0.3, -0.25) is 4.98 Å². The summed E-state index contributed by atoms with van der Waals surface area (Å²) in [6.45, 7) is 8.85. The topological polar surface area (TPSA) is 12.9 Å². The molecule has 0 saturated heterocycles. The third kappa shape index (κ3) is 3.69. The van der Waals surface area contributed by atoms with Crippen molar-refractivity contribution >= 4 is 15.9 Å². The second-order valence-electron chi connectivity index (χ2n) is 6.34. The van der Waals surface area contributed by atoms with E-state index in [-0.39, 0.29) is 5.41 Å². The minimum atomic E-state index is 0.156. The van der Waals surface area contributed by atoms with Crippen molar-refractivity contribution in [2.75, 3.05) is 0 Å². The maximum absolute atomic E-state index is 4.51. The highest BCUT2D eigenvalue weighted by Gasteiger charge is 2.21. The molecule has 0 aliphatic carbocycles. The lowest BCUT2D eigenvalue weighted by atomic mass is 9.82. The van der Waals surface area contributed by atoms with Gasteiger partial charge in [-0.25, -0.2) is 0 Å². The number of aromatic nitrogens is 1. The standard InChI is InChI=1S/C18H22BrN/c1-13-9-10-14(20-12-13)11-17(19)15-7-5-6-8-16(15)18(2,3)4/h5-10,12,17H,11H2,1-4H3. The molecule has 0 saturated carbocycles. The van der Waals surface area contributed by atoms with Crippen molar-refractivity contribution < 1.29 is 0 Å². The molecule has 1 unspecified atom stereocenters. The summed E-state index contributed by atoms with van der Waals surface area (Å²) in [5, 5.41) is 0. The number of aryl methyl sites for hydroxylation is 1. The van der Waals surface area contributed by atoms with Gasteiger partial charge in [0.05, 0.1) is 0 Å². The molecule has 0 spiro atoms. The molecule has 2 aromatic rings. The average molecular weight is 332 g/mol. The van der Waals surface area contributed by atoms with E-state index in [0.717, 1.165) is 12.1 Å². The van der Waals surface area contributed by atoms with Crippen LogP contribution < -0.4 is 0 Å². The number of benzene rings is 1. The first-order valence-corrected chi connectivity index (χ1v) is 7.94. The number of rotatable bonds is 3. The monoisotopic (exact) mass is 331 g/mol. The number of hydrogen-bond donors (Lipinski definition) is 0. The summed E-state index contributed by atoms with van der Waals surface area (Å²) in [5.41, 5.74) is 5.25. The molecule has 1 aromatic heterocycles. The van der Waals surface area contributed by atoms with Crippen molar-refractivity contribution in [1.29, 1.82) is 0 Å². The molecule has 0 bridgehead atoms. The molecule has 0 aliphatic rings. The van der Waals surface area contributed by atoms with Crippen LogP contribution in [0.1, 0.15) is 48.0 Å². The molecular formula is C18H22BrN. The lowest BCUT2D eigenvalue weighted by molar-refractivity contribution is 0.581. The number of nitrogens with zero attached hydrogens (tertiary/aromatic N) is 1. The molecule has 0 amide bonds. The van der Waals surface area contributed by atoms with E-state index < -0.39 is 0 Å². The van der Waals surface area contributed by atoms with Crippen molar-refractivity contribution in [2.45, 2.75) is 44.4 Å². The van der Waals surface area contributed by atoms with Crippen molar-refractivity contribution in [3.63, 3.8) is 0 Å². The quantitative estimate of drug-likeness (QED) is 0.689. The second-order valence-corrected chi connectivity index (χ2v) is 7.44. The molecule has 0 aliphatic heterocycles. The number of hydrogen-bond acceptors (Lipinski definition) is 1. The minimum Gasteiger partial charge on any atom is -0.261 e. The largest absolute Gasteiger partial charge is 0.261 e. The zero-order chi connectivity index (χ0) is 14.8. The van der Waals surface area contributed by atoms with Gasteiger partial charge in [-0.2, -0.15) is 0 Å². The summed E-state index contributed by atoms with van der Waals surface area (Å²) >= 11 is 3.84. The van der Waals surface area contributed by atoms with E-state index in [1.54, 1.807) is 0 Å². The molecule has 1 aromatic carbocycles. The van der Waals surface area contributed by atoms with Crippen LogP contribution in [0.2, 0.25) is 0 Å². The van der Waals surface area contributed by atoms with Crippen LogP contribution in [0, 0.1) is 6.92 Å². The van der Waals surface area contributed by atoms with Crippen LogP contribution in [0.3, 0.4) is 0 Å². The first-order chi connectivity index (χ1) is 9.38. The first kappa shape index (κ1) is 15.2. The zero-order valence-electron chi connectivity index (χ0n) is 12.7. The maximum atomic E-state index is 4.51. The van der Waals surface area contributed by atoms with E-state index in [2.05, 4.69) is 85.0 Å². The van der Waals surface area contributed by atoms with Crippen LogP contribution >= 0.6 is 15.9 Å². The Labute approximate surface area is 130 Å². The van der Waals surface area contributed by atoms with Gasteiger partial charge in [-0.1, -0.05) is 67.0 Å². The van der Waals surface area contributed by atoms with Gasteiger partial charge in [-0.15, -0.1) is 0 Å². The molecule has 0 fully saturated rings. The van der Waals surface area contributed by atoms with Gasteiger partial charge in [0.15, 0.2) is 0 Å². The Morgan fingerprint density at radius 2 is 1.80 bits per heavy atom. The van der Waals surface area contributed by atoms with Crippen LogP contribution in [0.4, 0.5) is 0 Å². The molecule has 20 heavy (non-hydrogen) atoms. The van der Waals surface area contributed by atoms with Crippen LogP contribution in [0.25, 0.3) is 0 Å². The fourth-order valence-corrected chi connectivity index (χ4v) is 3.10. The van der Waals surface area contributed by atoms with Crippen molar-refractivity contribution in [1.82, 2.24) is 4.98 Å². The highest BCUT2D eigenvalue weighted by atomic mass is 79.9. The fourth-order valence-electron chi connectivity index (χ4n) is 2.37. The smallest absolute Gasteiger partial charge is 0.0453 e. The highest BCUT2D eigenvalue weighted by Crippen LogP contribution is 2.35. The normalized spacial score (nSPS) is 13.2. The lowest BCUT2D eigenvalue weighted by Gasteiger charge is -2.25. The van der Waals surface area contributed by atoms with Gasteiger partial charge in [0.25, 0.3) is 0 Å². The van der Waals surface area contributed by atoms with Crippen LogP contribution in [0.15, 0.2) is 42.6 Å². The molecule has 1 heterocycles. The Hall–Kier alpha value is -1.15. The van der Waals surface area contributed by atoms with Crippen molar-refractivity contribution in [3.8, 4) is 0 Å². The van der Waals surface area contributed by atoms with Crippen molar-refractivity contribution in [2.24, 2.45) is 0 Å². The Bertz CT molecular complexity index is 567. The van der Waals surface area contributed by atoms with E-state index in [1.807, 2.05) is 6.20 Å². The van der Waals surface area contributed by atoms with Gasteiger partial charge in [-0.05, 0) is 35.1 Å². The minimum absolute atomic E-state index is 0.156. The number of alkyl halides is 1. The van der Waals surface area contributed by atoms with E-state index >= 15 is 0 Å². The summed E-state index contributed by atoms with van der Waals surface area (Å²) in [6.07, 6.45) is 2.85. The van der Waals surface area contributed by atoms with Crippen LogP contribution in [-0.2, 0) is 11.8 Å². The molecule has 0 N–H and O–H groups in total. The molecule has 106 valence electrons. The third-order valence-corrected chi connectivity index (χ3v) is 4.28. The predicted molar refractivity (Wildman–Crippen MR) is 89.5 cm³/mol. The highest BCUT2D eigenvalue weighted by molar-refractivity contribution is 9.09. The molecule has 0 radical (unpaired) electrons. The number of pyridine rings is 1.